The third-order valence-corrected chi connectivity index (χ3v) is 5.60. The van der Waals surface area contributed by atoms with Gasteiger partial charge in [0.15, 0.2) is 0 Å². The fraction of sp³-hybridized carbons (Fsp3) is 0.176. The number of benzene rings is 2. The monoisotopic (exact) mass is 340 g/mol. The number of hydrogen-bond acceptors (Lipinski definition) is 4. The first-order chi connectivity index (χ1) is 11.6. The Kier molecular flexibility index (Phi) is 3.38. The van der Waals surface area contributed by atoms with E-state index in [-0.39, 0.29) is 10.9 Å². The predicted molar refractivity (Wildman–Crippen MR) is 91.5 cm³/mol. The van der Waals surface area contributed by atoms with Crippen molar-refractivity contribution in [3.05, 3.63) is 60.2 Å². The summed E-state index contributed by atoms with van der Waals surface area (Å²) >= 11 is 0. The van der Waals surface area contributed by atoms with Crippen molar-refractivity contribution in [2.24, 2.45) is 0 Å². The normalized spacial score (nSPS) is 12.2. The van der Waals surface area contributed by atoms with E-state index in [0.29, 0.717) is 12.3 Å². The van der Waals surface area contributed by atoms with E-state index in [1.165, 1.54) is 0 Å². The Morgan fingerprint density at radius 2 is 1.58 bits per heavy atom. The maximum atomic E-state index is 12.9. The van der Waals surface area contributed by atoms with Crippen molar-refractivity contribution in [1.82, 2.24) is 19.2 Å². The number of sulfone groups is 1. The largest absolute Gasteiger partial charge is 0.309 e. The number of para-hydroxylation sites is 2. The van der Waals surface area contributed by atoms with Crippen LogP contribution >= 0.6 is 0 Å². The lowest BCUT2D eigenvalue weighted by Crippen LogP contribution is -2.09. The highest BCUT2D eigenvalue weighted by Crippen LogP contribution is 2.24. The molecular formula is C17H16N4O2S. The van der Waals surface area contributed by atoms with Crippen LogP contribution in [0, 0.1) is 0 Å². The molecule has 0 aliphatic heterocycles. The zero-order valence-corrected chi connectivity index (χ0v) is 13.9. The molecular weight excluding hydrogens is 324 g/mol. The quantitative estimate of drug-likeness (QED) is 0.573. The van der Waals surface area contributed by atoms with E-state index in [0.717, 1.165) is 16.6 Å². The molecule has 2 aromatic carbocycles. The third-order valence-electron chi connectivity index (χ3n) is 4.07. The smallest absolute Gasteiger partial charge is 0.256 e. The second-order valence-corrected chi connectivity index (χ2v) is 7.48. The van der Waals surface area contributed by atoms with E-state index in [1.807, 2.05) is 54.0 Å². The summed E-state index contributed by atoms with van der Waals surface area (Å²) < 4.78 is 29.4. The third kappa shape index (κ3) is 2.20. The molecule has 0 bridgehead atoms. The van der Waals surface area contributed by atoms with Gasteiger partial charge in [0.25, 0.3) is 5.16 Å². The molecule has 0 radical (unpaired) electrons. The van der Waals surface area contributed by atoms with Crippen molar-refractivity contribution in [3.63, 3.8) is 0 Å². The number of nitrogens with zero attached hydrogens (tertiary/aromatic N) is 4. The average Bonchev–Trinajstić information content (AvgIpc) is 3.13. The highest BCUT2D eigenvalue weighted by atomic mass is 32.2. The number of aromatic nitrogens is 4. The van der Waals surface area contributed by atoms with Crippen molar-refractivity contribution in [2.45, 2.75) is 24.4 Å². The molecule has 0 saturated carbocycles. The van der Waals surface area contributed by atoms with E-state index < -0.39 is 9.84 Å². The number of aryl methyl sites for hydroxylation is 1. The maximum absolute atomic E-state index is 12.9. The number of rotatable bonds is 4. The van der Waals surface area contributed by atoms with Gasteiger partial charge >= 0.3 is 0 Å². The summed E-state index contributed by atoms with van der Waals surface area (Å²) in [7, 11) is -3.61. The van der Waals surface area contributed by atoms with Crippen LogP contribution < -0.4 is 0 Å². The minimum absolute atomic E-state index is 0.00949. The summed E-state index contributed by atoms with van der Waals surface area (Å²) in [5, 5.41) is 8.11. The van der Waals surface area contributed by atoms with E-state index >= 15 is 0 Å². The van der Waals surface area contributed by atoms with E-state index in [1.54, 1.807) is 16.5 Å². The summed E-state index contributed by atoms with van der Waals surface area (Å²) in [5.41, 5.74) is 2.47. The number of fused-ring (bicyclic) bond motifs is 3. The van der Waals surface area contributed by atoms with Gasteiger partial charge in [-0.3, -0.25) is 0 Å². The molecule has 0 unspecified atom stereocenters. The molecule has 24 heavy (non-hydrogen) atoms. The van der Waals surface area contributed by atoms with Gasteiger partial charge in [-0.05, 0) is 24.6 Å². The fourth-order valence-corrected chi connectivity index (χ4v) is 4.39. The fourth-order valence-electron chi connectivity index (χ4n) is 3.01. The molecule has 0 fully saturated rings. The minimum atomic E-state index is -3.61. The van der Waals surface area contributed by atoms with Gasteiger partial charge in [-0.15, -0.1) is 10.2 Å². The molecule has 0 spiro atoms. The molecule has 6 nitrogen and oxygen atoms in total. The van der Waals surface area contributed by atoms with Gasteiger partial charge in [0, 0.05) is 6.54 Å². The second-order valence-electron chi connectivity index (χ2n) is 5.60. The maximum Gasteiger partial charge on any atom is 0.256 e. The second kappa shape index (κ2) is 5.45. The first-order valence-electron chi connectivity index (χ1n) is 7.71. The number of imidazole rings is 1. The standard InChI is InChI=1S/C17H16N4O2S/c1-2-20-14-10-6-7-11-15(14)21-16(20)18-19-17(21)24(22,23)12-13-8-4-3-5-9-13/h3-11H,2,12H2,1H3. The Balaban J connectivity index is 1.94. The molecule has 0 atom stereocenters. The predicted octanol–water partition coefficient (Wildman–Crippen LogP) is 2.68. The molecule has 4 aromatic rings. The van der Waals surface area contributed by atoms with Gasteiger partial charge in [-0.1, -0.05) is 42.5 Å². The van der Waals surface area contributed by atoms with E-state index in [4.69, 9.17) is 0 Å². The Hall–Kier alpha value is -2.67. The van der Waals surface area contributed by atoms with Gasteiger partial charge in [0.2, 0.25) is 15.6 Å². The Labute approximate surface area is 139 Å². The molecule has 2 aromatic heterocycles. The van der Waals surface area contributed by atoms with Crippen LogP contribution in [0.3, 0.4) is 0 Å². The molecule has 0 saturated heterocycles. The van der Waals surface area contributed by atoms with Crippen molar-refractivity contribution in [2.75, 3.05) is 0 Å². The van der Waals surface area contributed by atoms with Gasteiger partial charge in [-0.25, -0.2) is 12.8 Å². The van der Waals surface area contributed by atoms with Crippen molar-refractivity contribution >= 4 is 26.6 Å². The van der Waals surface area contributed by atoms with Crippen LogP contribution in [-0.4, -0.2) is 27.6 Å². The minimum Gasteiger partial charge on any atom is -0.309 e. The summed E-state index contributed by atoms with van der Waals surface area (Å²) in [5.74, 6) is 0.450. The average molecular weight is 340 g/mol. The molecule has 122 valence electrons. The zero-order valence-electron chi connectivity index (χ0n) is 13.1. The van der Waals surface area contributed by atoms with Crippen LogP contribution in [0.1, 0.15) is 12.5 Å². The topological polar surface area (TPSA) is 69.3 Å². The van der Waals surface area contributed by atoms with Crippen LogP contribution in [0.5, 0.6) is 0 Å². The number of hydrogen-bond donors (Lipinski definition) is 0. The first-order valence-corrected chi connectivity index (χ1v) is 9.36. The van der Waals surface area contributed by atoms with Crippen molar-refractivity contribution in [3.8, 4) is 0 Å². The lowest BCUT2D eigenvalue weighted by molar-refractivity contribution is 0.585. The Morgan fingerprint density at radius 1 is 0.917 bits per heavy atom. The Morgan fingerprint density at radius 3 is 2.29 bits per heavy atom. The summed E-state index contributed by atoms with van der Waals surface area (Å²) in [4.78, 5) is 0. The van der Waals surface area contributed by atoms with Gasteiger partial charge < -0.3 is 4.57 Å². The summed E-state index contributed by atoms with van der Waals surface area (Å²) in [6.45, 7) is 2.69. The Bertz CT molecular complexity index is 1130. The zero-order chi connectivity index (χ0) is 16.7. The lowest BCUT2D eigenvalue weighted by atomic mass is 10.2. The molecule has 0 aliphatic rings. The van der Waals surface area contributed by atoms with Crippen LogP contribution in [0.15, 0.2) is 59.8 Å². The van der Waals surface area contributed by atoms with Gasteiger partial charge in [0.05, 0.1) is 16.8 Å². The molecule has 0 amide bonds. The van der Waals surface area contributed by atoms with E-state index in [9.17, 15) is 8.42 Å². The summed E-state index contributed by atoms with van der Waals surface area (Å²) in [6, 6.07) is 16.8. The SMILES string of the molecule is CCn1c2ccccc2n2c(S(=O)(=O)Cc3ccccc3)nnc12. The van der Waals surface area contributed by atoms with Crippen LogP contribution in [-0.2, 0) is 22.1 Å². The molecule has 2 heterocycles. The van der Waals surface area contributed by atoms with Crippen molar-refractivity contribution < 1.29 is 8.42 Å². The van der Waals surface area contributed by atoms with E-state index in [2.05, 4.69) is 10.2 Å². The van der Waals surface area contributed by atoms with Crippen LogP contribution in [0.4, 0.5) is 0 Å². The molecule has 7 heteroatoms. The highest BCUT2D eigenvalue weighted by molar-refractivity contribution is 7.90. The first kappa shape index (κ1) is 14.9. The molecule has 4 rings (SSSR count). The highest BCUT2D eigenvalue weighted by Gasteiger charge is 2.26. The molecule has 0 N–H and O–H groups in total. The lowest BCUT2D eigenvalue weighted by Gasteiger charge is -2.02. The summed E-state index contributed by atoms with van der Waals surface area (Å²) in [6.07, 6.45) is 0. The van der Waals surface area contributed by atoms with Crippen LogP contribution in [0.2, 0.25) is 0 Å². The molecule has 0 aliphatic carbocycles. The van der Waals surface area contributed by atoms with Crippen molar-refractivity contribution in [1.29, 1.82) is 0 Å². The van der Waals surface area contributed by atoms with Crippen LogP contribution in [0.25, 0.3) is 16.8 Å². The van der Waals surface area contributed by atoms with Gasteiger partial charge in [0.1, 0.15) is 0 Å². The van der Waals surface area contributed by atoms with Gasteiger partial charge in [-0.2, -0.15) is 0 Å².